The maximum absolute atomic E-state index is 6.06. The smallest absolute Gasteiger partial charge is 0.120 e. The molecule has 2 nitrogen and oxygen atoms in total. The van der Waals surface area contributed by atoms with E-state index in [-0.39, 0.29) is 11.6 Å². The first kappa shape index (κ1) is 11.5. The zero-order chi connectivity index (χ0) is 12.6. The Kier molecular flexibility index (Phi) is 2.75. The molecule has 0 spiro atoms. The van der Waals surface area contributed by atoms with Crippen molar-refractivity contribution < 1.29 is 4.74 Å². The van der Waals surface area contributed by atoms with Gasteiger partial charge >= 0.3 is 0 Å². The van der Waals surface area contributed by atoms with Gasteiger partial charge in [-0.3, -0.25) is 0 Å². The molecule has 18 heavy (non-hydrogen) atoms. The molecule has 0 aliphatic carbocycles. The van der Waals surface area contributed by atoms with E-state index >= 15 is 0 Å². The third-order valence-corrected chi connectivity index (χ3v) is 3.57. The van der Waals surface area contributed by atoms with Crippen LogP contribution in [0.15, 0.2) is 42.5 Å². The van der Waals surface area contributed by atoms with Gasteiger partial charge in [0.25, 0.3) is 0 Å². The van der Waals surface area contributed by atoms with Crippen molar-refractivity contribution in [1.82, 2.24) is 5.32 Å². The summed E-state index contributed by atoms with van der Waals surface area (Å²) in [4.78, 5) is 0. The van der Waals surface area contributed by atoms with E-state index in [4.69, 9.17) is 4.74 Å². The molecule has 1 fully saturated rings. The highest BCUT2D eigenvalue weighted by Gasteiger charge is 2.31. The molecule has 1 N–H and O–H groups in total. The van der Waals surface area contributed by atoms with Crippen LogP contribution in [0.5, 0.6) is 5.75 Å². The van der Waals surface area contributed by atoms with E-state index in [1.54, 1.807) is 0 Å². The lowest BCUT2D eigenvalue weighted by Crippen LogP contribution is -2.31. The topological polar surface area (TPSA) is 21.3 Å². The Bertz CT molecular complexity index is 562. The summed E-state index contributed by atoms with van der Waals surface area (Å²) < 4.78 is 6.06. The van der Waals surface area contributed by atoms with Crippen molar-refractivity contribution in [2.45, 2.75) is 31.9 Å². The Morgan fingerprint density at radius 2 is 1.89 bits per heavy atom. The molecule has 0 radical (unpaired) electrons. The van der Waals surface area contributed by atoms with Gasteiger partial charge < -0.3 is 10.1 Å². The molecule has 0 amide bonds. The molecule has 0 bridgehead atoms. The molecule has 2 aromatic carbocycles. The SMILES string of the molecule is CC1(C)CC(Oc2ccc3ccccc3c2)CN1. The summed E-state index contributed by atoms with van der Waals surface area (Å²) in [5, 5.41) is 5.97. The molecule has 1 unspecified atom stereocenters. The molecule has 3 rings (SSSR count). The molecular weight excluding hydrogens is 222 g/mol. The third-order valence-electron chi connectivity index (χ3n) is 3.57. The predicted octanol–water partition coefficient (Wildman–Crippen LogP) is 3.36. The molecule has 0 aromatic heterocycles. The molecule has 2 heteroatoms. The summed E-state index contributed by atoms with van der Waals surface area (Å²) in [7, 11) is 0. The normalized spacial score (nSPS) is 22.2. The van der Waals surface area contributed by atoms with Crippen LogP contribution in [0.4, 0.5) is 0 Å². The molecule has 1 aliphatic heterocycles. The lowest BCUT2D eigenvalue weighted by atomic mass is 10.0. The van der Waals surface area contributed by atoms with E-state index in [2.05, 4.69) is 61.6 Å². The second-order valence-electron chi connectivity index (χ2n) is 5.72. The van der Waals surface area contributed by atoms with Gasteiger partial charge in [-0.2, -0.15) is 0 Å². The molecule has 94 valence electrons. The Morgan fingerprint density at radius 1 is 1.11 bits per heavy atom. The molecule has 1 atom stereocenters. The minimum atomic E-state index is 0.196. The summed E-state index contributed by atoms with van der Waals surface area (Å²) in [5.74, 6) is 0.971. The molecular formula is C16H19NO. The van der Waals surface area contributed by atoms with Crippen molar-refractivity contribution in [2.24, 2.45) is 0 Å². The summed E-state index contributed by atoms with van der Waals surface area (Å²) in [5.41, 5.74) is 0.196. The van der Waals surface area contributed by atoms with Crippen molar-refractivity contribution in [3.8, 4) is 5.75 Å². The third kappa shape index (κ3) is 2.34. The minimum Gasteiger partial charge on any atom is -0.489 e. The Labute approximate surface area is 108 Å². The van der Waals surface area contributed by atoms with E-state index in [1.165, 1.54) is 10.8 Å². The summed E-state index contributed by atoms with van der Waals surface area (Å²) >= 11 is 0. The van der Waals surface area contributed by atoms with Crippen LogP contribution in [0, 0.1) is 0 Å². The average Bonchev–Trinajstić information content (AvgIpc) is 2.68. The quantitative estimate of drug-likeness (QED) is 0.870. The van der Waals surface area contributed by atoms with Crippen molar-refractivity contribution in [2.75, 3.05) is 6.54 Å². The first-order valence-corrected chi connectivity index (χ1v) is 6.53. The van der Waals surface area contributed by atoms with Crippen molar-refractivity contribution >= 4 is 10.8 Å². The Balaban J connectivity index is 1.79. The standard InChI is InChI=1S/C16H19NO/c1-16(2)10-15(11-17-16)18-14-8-7-12-5-3-4-6-13(12)9-14/h3-9,15,17H,10-11H2,1-2H3. The van der Waals surface area contributed by atoms with Crippen molar-refractivity contribution in [3.05, 3.63) is 42.5 Å². The number of hydrogen-bond acceptors (Lipinski definition) is 2. The summed E-state index contributed by atoms with van der Waals surface area (Å²) in [6.45, 7) is 5.37. The molecule has 1 saturated heterocycles. The van der Waals surface area contributed by atoms with Crippen LogP contribution in [0.1, 0.15) is 20.3 Å². The minimum absolute atomic E-state index is 0.196. The van der Waals surface area contributed by atoms with Crippen LogP contribution in [0.3, 0.4) is 0 Å². The second kappa shape index (κ2) is 4.29. The predicted molar refractivity (Wildman–Crippen MR) is 75.1 cm³/mol. The van der Waals surface area contributed by atoms with E-state index in [1.807, 2.05) is 0 Å². The molecule has 2 aromatic rings. The Hall–Kier alpha value is -1.54. The van der Waals surface area contributed by atoms with Gasteiger partial charge in [0, 0.05) is 18.5 Å². The highest BCUT2D eigenvalue weighted by atomic mass is 16.5. The van der Waals surface area contributed by atoms with Gasteiger partial charge in [0.2, 0.25) is 0 Å². The average molecular weight is 241 g/mol. The van der Waals surface area contributed by atoms with Gasteiger partial charge in [-0.1, -0.05) is 30.3 Å². The van der Waals surface area contributed by atoms with Gasteiger partial charge in [-0.15, -0.1) is 0 Å². The summed E-state index contributed by atoms with van der Waals surface area (Å²) in [6, 6.07) is 14.7. The van der Waals surface area contributed by atoms with Gasteiger partial charge in [0.1, 0.15) is 11.9 Å². The number of fused-ring (bicyclic) bond motifs is 1. The molecule has 0 saturated carbocycles. The lowest BCUT2D eigenvalue weighted by Gasteiger charge is -2.17. The van der Waals surface area contributed by atoms with Gasteiger partial charge in [-0.05, 0) is 36.8 Å². The number of hydrogen-bond donors (Lipinski definition) is 1. The Morgan fingerprint density at radius 3 is 2.61 bits per heavy atom. The van der Waals surface area contributed by atoms with E-state index in [0.717, 1.165) is 18.7 Å². The first-order valence-electron chi connectivity index (χ1n) is 6.53. The fourth-order valence-corrected chi connectivity index (χ4v) is 2.62. The van der Waals surface area contributed by atoms with Gasteiger partial charge in [0.05, 0.1) is 0 Å². The zero-order valence-electron chi connectivity index (χ0n) is 10.9. The lowest BCUT2D eigenvalue weighted by molar-refractivity contribution is 0.214. The first-order chi connectivity index (χ1) is 8.62. The van der Waals surface area contributed by atoms with Gasteiger partial charge in [-0.25, -0.2) is 0 Å². The van der Waals surface area contributed by atoms with Crippen molar-refractivity contribution in [1.29, 1.82) is 0 Å². The van der Waals surface area contributed by atoms with Crippen LogP contribution in [-0.4, -0.2) is 18.2 Å². The molecule has 1 aliphatic rings. The second-order valence-corrected chi connectivity index (χ2v) is 5.72. The summed E-state index contributed by atoms with van der Waals surface area (Å²) in [6.07, 6.45) is 1.33. The zero-order valence-corrected chi connectivity index (χ0v) is 10.9. The maximum atomic E-state index is 6.06. The van der Waals surface area contributed by atoms with Crippen LogP contribution in [-0.2, 0) is 0 Å². The van der Waals surface area contributed by atoms with Crippen LogP contribution in [0.2, 0.25) is 0 Å². The fraction of sp³-hybridized carbons (Fsp3) is 0.375. The van der Waals surface area contributed by atoms with Crippen molar-refractivity contribution in [3.63, 3.8) is 0 Å². The van der Waals surface area contributed by atoms with E-state index in [0.29, 0.717) is 0 Å². The molecule has 1 heterocycles. The fourth-order valence-electron chi connectivity index (χ4n) is 2.62. The number of nitrogens with one attached hydrogen (secondary N) is 1. The van der Waals surface area contributed by atoms with Crippen LogP contribution in [0.25, 0.3) is 10.8 Å². The highest BCUT2D eigenvalue weighted by molar-refractivity contribution is 5.83. The highest BCUT2D eigenvalue weighted by Crippen LogP contribution is 2.25. The number of rotatable bonds is 2. The van der Waals surface area contributed by atoms with E-state index in [9.17, 15) is 0 Å². The maximum Gasteiger partial charge on any atom is 0.120 e. The van der Waals surface area contributed by atoms with E-state index < -0.39 is 0 Å². The van der Waals surface area contributed by atoms with Crippen LogP contribution >= 0.6 is 0 Å². The largest absolute Gasteiger partial charge is 0.489 e. The number of benzene rings is 2. The number of ether oxygens (including phenoxy) is 1. The monoisotopic (exact) mass is 241 g/mol. The van der Waals surface area contributed by atoms with Crippen LogP contribution < -0.4 is 10.1 Å². The van der Waals surface area contributed by atoms with Gasteiger partial charge in [0.15, 0.2) is 0 Å².